The van der Waals surface area contributed by atoms with E-state index in [0.29, 0.717) is 0 Å². The highest BCUT2D eigenvalue weighted by Crippen LogP contribution is 2.57. The highest BCUT2D eigenvalue weighted by molar-refractivity contribution is 6.18. The molecule has 8 aromatic carbocycles. The predicted molar refractivity (Wildman–Crippen MR) is 270 cm³/mol. The first kappa shape index (κ1) is 38.1. The zero-order chi connectivity index (χ0) is 43.2. The van der Waals surface area contributed by atoms with Crippen molar-refractivity contribution in [1.29, 1.82) is 0 Å². The maximum Gasteiger partial charge on any atom is 0.0783 e. The van der Waals surface area contributed by atoms with Gasteiger partial charge < -0.3 is 14.4 Å². The van der Waals surface area contributed by atoms with Gasteiger partial charge in [-0.3, -0.25) is 0 Å². The summed E-state index contributed by atoms with van der Waals surface area (Å²) in [5, 5.41) is 2.40. The van der Waals surface area contributed by atoms with Crippen molar-refractivity contribution in [2.45, 2.75) is 44.9 Å². The summed E-state index contributed by atoms with van der Waals surface area (Å²) in [4.78, 5) is 5.05. The minimum atomic E-state index is -0.150. The molecule has 3 aliphatic carbocycles. The fraction of sp³-hybridized carbons (Fsp3) is 0.115. The van der Waals surface area contributed by atoms with E-state index < -0.39 is 0 Å². The first-order chi connectivity index (χ1) is 31.3. The van der Waals surface area contributed by atoms with Gasteiger partial charge in [0.1, 0.15) is 0 Å². The Morgan fingerprint density at radius 2 is 0.938 bits per heavy atom. The van der Waals surface area contributed by atoms with E-state index in [0.717, 1.165) is 45.9 Å². The second-order valence-corrected chi connectivity index (χ2v) is 18.4. The lowest BCUT2D eigenvalue weighted by Gasteiger charge is -2.31. The Morgan fingerprint density at radius 1 is 0.438 bits per heavy atom. The van der Waals surface area contributed by atoms with Crippen molar-refractivity contribution >= 4 is 55.8 Å². The Balaban J connectivity index is 1.19. The van der Waals surface area contributed by atoms with Crippen LogP contribution in [0.4, 0.5) is 28.4 Å². The van der Waals surface area contributed by atoms with Crippen molar-refractivity contribution in [3.63, 3.8) is 0 Å². The van der Waals surface area contributed by atoms with Gasteiger partial charge in [-0.15, -0.1) is 0 Å². The minimum absolute atomic E-state index is 0.141. The van der Waals surface area contributed by atoms with Crippen LogP contribution >= 0.6 is 0 Å². The number of hydrogen-bond acceptors (Lipinski definition) is 2. The molecule has 3 heteroatoms. The smallest absolute Gasteiger partial charge is 0.0783 e. The van der Waals surface area contributed by atoms with E-state index >= 15 is 0 Å². The topological polar surface area (TPSA) is 11.4 Å². The fourth-order valence-electron chi connectivity index (χ4n) is 11.3. The molecule has 308 valence electrons. The standard InChI is InChI=1S/C61H49N3/c1-60(2)48-33-16-14-29-46(48)56-50(60)35-18-19-37-52(56)62(41-23-8-5-9-24-41)54-39-20-31-44-45-32-21-40-55(59(45)64(58(44)54)43-27-12-7-13-28-43)63(42-25-10-6-11-26-42)53-38-22-36-51-57(53)47-30-15-17-34-49(47)61(51,3)4/h5-18,20-40H,19H2,1-4H3. The number of para-hydroxylation sites is 5. The lowest BCUT2D eigenvalue weighted by Crippen LogP contribution is -2.19. The number of benzene rings is 8. The van der Waals surface area contributed by atoms with E-state index in [-0.39, 0.29) is 10.8 Å². The van der Waals surface area contributed by atoms with Gasteiger partial charge in [0.2, 0.25) is 0 Å². The van der Waals surface area contributed by atoms with Crippen LogP contribution in [0.2, 0.25) is 0 Å². The predicted octanol–water partition coefficient (Wildman–Crippen LogP) is 16.3. The summed E-state index contributed by atoms with van der Waals surface area (Å²) in [6.45, 7) is 9.49. The normalized spacial score (nSPS) is 15.3. The van der Waals surface area contributed by atoms with Crippen LogP contribution < -0.4 is 9.80 Å². The molecule has 0 aliphatic heterocycles. The summed E-state index contributed by atoms with van der Waals surface area (Å²) in [6.07, 6.45) is 7.99. The second kappa shape index (κ2) is 14.5. The number of anilines is 5. The third kappa shape index (κ3) is 5.53. The molecule has 0 radical (unpaired) electrons. The SMILES string of the molecule is CC1(C)C2=C(C(N(c3ccccc3)c3cccc4c5cccc(N(c6ccccc6)c6cccc7c6-c6ccccc6C7(C)C)c5n(-c5ccccc5)c34)=CCC=C2)c2ccccc21. The fourth-order valence-corrected chi connectivity index (χ4v) is 11.3. The number of fused-ring (bicyclic) bond motifs is 8. The van der Waals surface area contributed by atoms with E-state index in [1.165, 1.54) is 66.7 Å². The Morgan fingerprint density at radius 3 is 1.59 bits per heavy atom. The molecule has 3 nitrogen and oxygen atoms in total. The van der Waals surface area contributed by atoms with Crippen molar-refractivity contribution in [2.75, 3.05) is 9.80 Å². The Kier molecular flexibility index (Phi) is 8.61. The third-order valence-electron chi connectivity index (χ3n) is 14.2. The molecule has 0 fully saturated rings. The van der Waals surface area contributed by atoms with Gasteiger partial charge in [0.15, 0.2) is 0 Å². The highest BCUT2D eigenvalue weighted by atomic mass is 15.2. The van der Waals surface area contributed by atoms with Gasteiger partial charge in [-0.1, -0.05) is 185 Å². The summed E-state index contributed by atoms with van der Waals surface area (Å²) in [6, 6.07) is 71.6. The summed E-state index contributed by atoms with van der Waals surface area (Å²) in [5.74, 6) is 0. The average molecular weight is 824 g/mol. The number of allylic oxidation sites excluding steroid dienone is 5. The van der Waals surface area contributed by atoms with Gasteiger partial charge in [-0.05, 0) is 94.4 Å². The summed E-state index contributed by atoms with van der Waals surface area (Å²) in [5.41, 5.74) is 20.6. The van der Waals surface area contributed by atoms with Crippen LogP contribution in [0, 0.1) is 0 Å². The minimum Gasteiger partial charge on any atom is -0.308 e. The van der Waals surface area contributed by atoms with Crippen LogP contribution in [0.3, 0.4) is 0 Å². The van der Waals surface area contributed by atoms with Crippen LogP contribution in [-0.4, -0.2) is 4.57 Å². The first-order valence-corrected chi connectivity index (χ1v) is 22.6. The van der Waals surface area contributed by atoms with Crippen LogP contribution in [0.25, 0.3) is 44.2 Å². The average Bonchev–Trinajstić information content (AvgIpc) is 3.79. The van der Waals surface area contributed by atoms with E-state index in [1.807, 2.05) is 0 Å². The largest absolute Gasteiger partial charge is 0.308 e. The Bertz CT molecular complexity index is 3400. The number of hydrogen-bond donors (Lipinski definition) is 0. The van der Waals surface area contributed by atoms with Gasteiger partial charge >= 0.3 is 0 Å². The van der Waals surface area contributed by atoms with Crippen molar-refractivity contribution in [3.05, 3.63) is 246 Å². The number of rotatable bonds is 7. The summed E-state index contributed by atoms with van der Waals surface area (Å²) < 4.78 is 2.54. The molecule has 0 unspecified atom stereocenters. The van der Waals surface area contributed by atoms with Crippen molar-refractivity contribution in [3.8, 4) is 16.8 Å². The quantitative estimate of drug-likeness (QED) is 0.159. The maximum atomic E-state index is 2.54. The van der Waals surface area contributed by atoms with Gasteiger partial charge in [0.05, 0.1) is 33.8 Å². The Hall–Kier alpha value is -7.62. The molecule has 0 bridgehead atoms. The maximum absolute atomic E-state index is 2.54. The highest BCUT2D eigenvalue weighted by Gasteiger charge is 2.41. The van der Waals surface area contributed by atoms with Gasteiger partial charge in [-0.25, -0.2) is 0 Å². The zero-order valence-corrected chi connectivity index (χ0v) is 36.8. The van der Waals surface area contributed by atoms with Crippen molar-refractivity contribution in [1.82, 2.24) is 4.57 Å². The molecule has 1 heterocycles. The molecule has 12 rings (SSSR count). The third-order valence-corrected chi connectivity index (χ3v) is 14.2. The van der Waals surface area contributed by atoms with Crippen LogP contribution in [0.5, 0.6) is 0 Å². The molecule has 0 saturated carbocycles. The van der Waals surface area contributed by atoms with Crippen LogP contribution in [0.1, 0.15) is 56.4 Å². The molecular formula is C61H49N3. The van der Waals surface area contributed by atoms with E-state index in [1.54, 1.807) is 0 Å². The molecular weight excluding hydrogens is 775 g/mol. The molecule has 1 aromatic heterocycles. The molecule has 9 aromatic rings. The monoisotopic (exact) mass is 823 g/mol. The van der Waals surface area contributed by atoms with Crippen LogP contribution in [-0.2, 0) is 10.8 Å². The molecule has 64 heavy (non-hydrogen) atoms. The lowest BCUT2D eigenvalue weighted by atomic mass is 9.81. The van der Waals surface area contributed by atoms with Crippen LogP contribution in [0.15, 0.2) is 224 Å². The lowest BCUT2D eigenvalue weighted by molar-refractivity contribution is 0.654. The Labute approximate surface area is 376 Å². The second-order valence-electron chi connectivity index (χ2n) is 18.4. The van der Waals surface area contributed by atoms with E-state index in [4.69, 9.17) is 0 Å². The summed E-state index contributed by atoms with van der Waals surface area (Å²) >= 11 is 0. The molecule has 0 atom stereocenters. The van der Waals surface area contributed by atoms with Gasteiger partial charge in [-0.2, -0.15) is 0 Å². The number of nitrogens with zero attached hydrogens (tertiary/aromatic N) is 3. The molecule has 3 aliphatic rings. The van der Waals surface area contributed by atoms with E-state index in [9.17, 15) is 0 Å². The number of aromatic nitrogens is 1. The van der Waals surface area contributed by atoms with Gasteiger partial charge in [0, 0.05) is 49.8 Å². The summed E-state index contributed by atoms with van der Waals surface area (Å²) in [7, 11) is 0. The molecule has 0 saturated heterocycles. The molecule has 0 N–H and O–H groups in total. The van der Waals surface area contributed by atoms with Crippen molar-refractivity contribution < 1.29 is 0 Å². The van der Waals surface area contributed by atoms with Gasteiger partial charge in [0.25, 0.3) is 0 Å². The zero-order valence-electron chi connectivity index (χ0n) is 36.8. The van der Waals surface area contributed by atoms with E-state index in [2.05, 4.69) is 254 Å². The molecule has 0 amide bonds. The first-order valence-electron chi connectivity index (χ1n) is 22.6. The van der Waals surface area contributed by atoms with Crippen molar-refractivity contribution in [2.24, 2.45) is 0 Å². The molecule has 0 spiro atoms.